The van der Waals surface area contributed by atoms with E-state index in [0.29, 0.717) is 0 Å². The van der Waals surface area contributed by atoms with Crippen molar-refractivity contribution in [2.75, 3.05) is 7.11 Å². The molecule has 1 aromatic carbocycles. The van der Waals surface area contributed by atoms with E-state index in [1.807, 2.05) is 13.8 Å². The summed E-state index contributed by atoms with van der Waals surface area (Å²) < 4.78 is 20.6. The summed E-state index contributed by atoms with van der Waals surface area (Å²) in [5.41, 5.74) is 0.0788. The van der Waals surface area contributed by atoms with Crippen molar-refractivity contribution in [3.05, 3.63) is 35.8 Å². The minimum atomic E-state index is -1.16. The van der Waals surface area contributed by atoms with Crippen LogP contribution in [0.2, 0.25) is 0 Å². The highest BCUT2D eigenvalue weighted by Gasteiger charge is 2.23. The predicted molar refractivity (Wildman–Crippen MR) is 71.5 cm³/mol. The Morgan fingerprint density at radius 2 is 2.15 bits per heavy atom. The van der Waals surface area contributed by atoms with Gasteiger partial charge in [0.2, 0.25) is 0 Å². The maximum absolute atomic E-state index is 14.1. The van der Waals surface area contributed by atoms with Gasteiger partial charge >= 0.3 is 5.97 Å². The number of carboxylic acid groups (broad SMARTS) is 1. The molecule has 0 aliphatic heterocycles. The van der Waals surface area contributed by atoms with E-state index in [0.717, 1.165) is 0 Å². The minimum absolute atomic E-state index is 0.0281. The largest absolute Gasteiger partial charge is 0.496 e. The first kappa shape index (κ1) is 14.0. The number of methoxy groups -OCH3 is 1. The second kappa shape index (κ2) is 5.32. The smallest absolute Gasteiger partial charge is 0.339 e. The molecule has 6 heteroatoms. The van der Waals surface area contributed by atoms with Gasteiger partial charge < -0.3 is 9.84 Å². The van der Waals surface area contributed by atoms with Crippen LogP contribution in [-0.4, -0.2) is 28.0 Å². The molecule has 0 radical (unpaired) electrons. The Labute approximate surface area is 115 Å². The molecule has 0 bridgehead atoms. The Balaban J connectivity index is 2.72. The molecule has 5 nitrogen and oxygen atoms in total. The molecule has 0 unspecified atom stereocenters. The third-order valence-corrected chi connectivity index (χ3v) is 2.92. The summed E-state index contributed by atoms with van der Waals surface area (Å²) in [5.74, 6) is -1.47. The normalized spacial score (nSPS) is 10.8. The molecule has 2 rings (SSSR count). The Morgan fingerprint density at radius 3 is 2.70 bits per heavy atom. The highest BCUT2D eigenvalue weighted by Crippen LogP contribution is 2.34. The van der Waals surface area contributed by atoms with Crippen molar-refractivity contribution in [1.29, 1.82) is 0 Å². The molecule has 2 aromatic rings. The van der Waals surface area contributed by atoms with Gasteiger partial charge in [0.15, 0.2) is 0 Å². The van der Waals surface area contributed by atoms with Gasteiger partial charge in [0.25, 0.3) is 0 Å². The fourth-order valence-electron chi connectivity index (χ4n) is 1.90. The van der Waals surface area contributed by atoms with Crippen LogP contribution in [0.25, 0.3) is 11.3 Å². The van der Waals surface area contributed by atoms with Gasteiger partial charge in [-0.2, -0.15) is 5.10 Å². The van der Waals surface area contributed by atoms with E-state index >= 15 is 0 Å². The topological polar surface area (TPSA) is 64.4 Å². The average Bonchev–Trinajstić information content (AvgIpc) is 2.83. The van der Waals surface area contributed by atoms with Crippen LogP contribution in [0.5, 0.6) is 5.75 Å². The van der Waals surface area contributed by atoms with E-state index in [-0.39, 0.29) is 28.6 Å². The van der Waals surface area contributed by atoms with Crippen LogP contribution in [0.3, 0.4) is 0 Å². The maximum atomic E-state index is 14.1. The summed E-state index contributed by atoms with van der Waals surface area (Å²) in [7, 11) is 1.40. The van der Waals surface area contributed by atoms with Crippen molar-refractivity contribution < 1.29 is 19.0 Å². The number of halogens is 1. The number of nitrogens with zero attached hydrogens (tertiary/aromatic N) is 2. The van der Waals surface area contributed by atoms with Gasteiger partial charge in [-0.05, 0) is 26.0 Å². The van der Waals surface area contributed by atoms with Crippen LogP contribution in [0.1, 0.15) is 30.2 Å². The number of aromatic carboxylic acids is 1. The molecule has 1 heterocycles. The molecule has 0 aliphatic carbocycles. The van der Waals surface area contributed by atoms with Crippen LogP contribution in [0.4, 0.5) is 4.39 Å². The third kappa shape index (κ3) is 2.36. The lowest BCUT2D eigenvalue weighted by atomic mass is 10.1. The zero-order valence-electron chi connectivity index (χ0n) is 11.4. The van der Waals surface area contributed by atoms with E-state index in [1.54, 1.807) is 6.07 Å². The summed E-state index contributed by atoms with van der Waals surface area (Å²) in [4.78, 5) is 11.3. The summed E-state index contributed by atoms with van der Waals surface area (Å²) in [6.45, 7) is 3.72. The lowest BCUT2D eigenvalue weighted by Crippen LogP contribution is -2.01. The second-order valence-electron chi connectivity index (χ2n) is 4.59. The zero-order chi connectivity index (χ0) is 14.9. The zero-order valence-corrected chi connectivity index (χ0v) is 11.4. The lowest BCUT2D eigenvalue weighted by Gasteiger charge is -2.08. The fraction of sp³-hybridized carbons (Fsp3) is 0.286. The highest BCUT2D eigenvalue weighted by molar-refractivity contribution is 5.95. The van der Waals surface area contributed by atoms with Crippen LogP contribution < -0.4 is 4.74 Å². The predicted octanol–water partition coefficient (Wildman–Crippen LogP) is 2.98. The number of carboxylic acids is 1. The third-order valence-electron chi connectivity index (χ3n) is 2.92. The van der Waals surface area contributed by atoms with Gasteiger partial charge in [-0.25, -0.2) is 9.18 Å². The Hall–Kier alpha value is -2.37. The van der Waals surface area contributed by atoms with Crippen molar-refractivity contribution in [1.82, 2.24) is 9.78 Å². The van der Waals surface area contributed by atoms with E-state index < -0.39 is 11.8 Å². The first-order valence-electron chi connectivity index (χ1n) is 6.11. The van der Waals surface area contributed by atoms with Crippen LogP contribution in [0, 0.1) is 5.82 Å². The maximum Gasteiger partial charge on any atom is 0.339 e. The molecule has 0 fully saturated rings. The standard InChI is InChI=1S/C14H15FN2O3/c1-8(2)17-7-9(14(18)19)13(16-17)12-10(15)5-4-6-11(12)20-3/h4-8H,1-3H3,(H,18,19). The van der Waals surface area contributed by atoms with Crippen molar-refractivity contribution >= 4 is 5.97 Å². The molecule has 0 amide bonds. The number of carbonyl (C=O) groups is 1. The molecule has 1 N–H and O–H groups in total. The van der Waals surface area contributed by atoms with E-state index in [9.17, 15) is 14.3 Å². The summed E-state index contributed by atoms with van der Waals surface area (Å²) >= 11 is 0. The number of hydrogen-bond acceptors (Lipinski definition) is 3. The molecule has 0 aliphatic rings. The van der Waals surface area contributed by atoms with Gasteiger partial charge in [-0.15, -0.1) is 0 Å². The van der Waals surface area contributed by atoms with E-state index in [4.69, 9.17) is 4.74 Å². The molecule has 0 saturated carbocycles. The van der Waals surface area contributed by atoms with Gasteiger partial charge in [0, 0.05) is 12.2 Å². The highest BCUT2D eigenvalue weighted by atomic mass is 19.1. The van der Waals surface area contributed by atoms with Crippen molar-refractivity contribution in [2.45, 2.75) is 19.9 Å². The van der Waals surface area contributed by atoms with Gasteiger partial charge in [0.05, 0.1) is 12.7 Å². The average molecular weight is 278 g/mol. The van der Waals surface area contributed by atoms with Gasteiger partial charge in [0.1, 0.15) is 22.8 Å². The Morgan fingerprint density at radius 1 is 1.45 bits per heavy atom. The van der Waals surface area contributed by atoms with Gasteiger partial charge in [-0.1, -0.05) is 6.07 Å². The number of aromatic nitrogens is 2. The van der Waals surface area contributed by atoms with Crippen LogP contribution in [-0.2, 0) is 0 Å². The molecule has 20 heavy (non-hydrogen) atoms. The molecule has 1 aromatic heterocycles. The van der Waals surface area contributed by atoms with Crippen molar-refractivity contribution in [2.24, 2.45) is 0 Å². The second-order valence-corrected chi connectivity index (χ2v) is 4.59. The SMILES string of the molecule is COc1cccc(F)c1-c1nn(C(C)C)cc1C(=O)O. The minimum Gasteiger partial charge on any atom is -0.496 e. The first-order valence-corrected chi connectivity index (χ1v) is 6.11. The first-order chi connectivity index (χ1) is 9.45. The molecule has 0 atom stereocenters. The van der Waals surface area contributed by atoms with Crippen molar-refractivity contribution in [3.8, 4) is 17.0 Å². The number of hydrogen-bond donors (Lipinski definition) is 1. The fourth-order valence-corrected chi connectivity index (χ4v) is 1.90. The molecular weight excluding hydrogens is 263 g/mol. The van der Waals surface area contributed by atoms with E-state index in [1.165, 1.54) is 30.1 Å². The Kier molecular flexibility index (Phi) is 3.74. The monoisotopic (exact) mass is 278 g/mol. The summed E-state index contributed by atoms with van der Waals surface area (Å²) in [6, 6.07) is 4.29. The van der Waals surface area contributed by atoms with Crippen LogP contribution in [0.15, 0.2) is 24.4 Å². The number of ether oxygens (including phenoxy) is 1. The Bertz CT molecular complexity index is 650. The lowest BCUT2D eigenvalue weighted by molar-refractivity contribution is 0.0697. The molecule has 0 saturated heterocycles. The quantitative estimate of drug-likeness (QED) is 0.933. The number of rotatable bonds is 4. The summed E-state index contributed by atoms with van der Waals surface area (Å²) in [6.07, 6.45) is 1.40. The molecular formula is C14H15FN2O3. The van der Waals surface area contributed by atoms with Gasteiger partial charge in [-0.3, -0.25) is 4.68 Å². The molecule has 0 spiro atoms. The summed E-state index contributed by atoms with van der Waals surface area (Å²) in [5, 5.41) is 13.4. The van der Waals surface area contributed by atoms with Crippen LogP contribution >= 0.6 is 0 Å². The number of benzene rings is 1. The molecule has 106 valence electrons. The van der Waals surface area contributed by atoms with Crippen molar-refractivity contribution in [3.63, 3.8) is 0 Å². The van der Waals surface area contributed by atoms with E-state index in [2.05, 4.69) is 5.10 Å².